The Hall–Kier alpha value is -1.45. The molecule has 1 rings (SSSR count). The van der Waals surface area contributed by atoms with Crippen LogP contribution < -0.4 is 4.74 Å². The average Bonchev–Trinajstić information content (AvgIpc) is 2.30. The van der Waals surface area contributed by atoms with E-state index in [1.165, 1.54) is 13.2 Å². The van der Waals surface area contributed by atoms with E-state index in [9.17, 15) is 4.79 Å². The number of aromatic hydroxyl groups is 1. The molecule has 1 aromatic heterocycles. The maximum absolute atomic E-state index is 10.1. The number of carbonyl (C=O) groups is 1. The van der Waals surface area contributed by atoms with E-state index in [1.54, 1.807) is 0 Å². The normalized spacial score (nSPS) is 9.30. The fourth-order valence-electron chi connectivity index (χ4n) is 0.617. The SMILES string of the molecule is COc1cc(O)oc1C=O. The summed E-state index contributed by atoms with van der Waals surface area (Å²) in [5, 5.41) is 8.69. The topological polar surface area (TPSA) is 59.7 Å². The molecule has 0 amide bonds. The Morgan fingerprint density at radius 2 is 2.50 bits per heavy atom. The highest BCUT2D eigenvalue weighted by molar-refractivity contribution is 5.75. The third-order valence-corrected chi connectivity index (χ3v) is 1.04. The van der Waals surface area contributed by atoms with Gasteiger partial charge >= 0.3 is 0 Å². The van der Waals surface area contributed by atoms with Gasteiger partial charge in [0.25, 0.3) is 5.95 Å². The molecule has 0 aromatic carbocycles. The monoisotopic (exact) mass is 142 g/mol. The number of hydrogen-bond acceptors (Lipinski definition) is 4. The van der Waals surface area contributed by atoms with Crippen LogP contribution >= 0.6 is 0 Å². The zero-order valence-corrected chi connectivity index (χ0v) is 5.33. The lowest BCUT2D eigenvalue weighted by molar-refractivity contribution is 0.109. The Bertz CT molecular complexity index is 238. The molecule has 1 heterocycles. The van der Waals surface area contributed by atoms with Gasteiger partial charge in [0.2, 0.25) is 5.76 Å². The number of hydrogen-bond donors (Lipinski definition) is 1. The molecule has 0 radical (unpaired) electrons. The molecule has 0 unspecified atom stereocenters. The van der Waals surface area contributed by atoms with Gasteiger partial charge in [-0.2, -0.15) is 0 Å². The first-order valence-electron chi connectivity index (χ1n) is 2.60. The second-order valence-corrected chi connectivity index (χ2v) is 1.64. The van der Waals surface area contributed by atoms with Crippen molar-refractivity contribution < 1.29 is 19.1 Å². The van der Waals surface area contributed by atoms with Gasteiger partial charge in [-0.1, -0.05) is 0 Å². The molecule has 0 aliphatic carbocycles. The molecule has 0 fully saturated rings. The minimum absolute atomic E-state index is 0.000000000000000222. The second kappa shape index (κ2) is 2.43. The van der Waals surface area contributed by atoms with Crippen molar-refractivity contribution in [3.05, 3.63) is 11.8 Å². The molecule has 0 bridgehead atoms. The van der Waals surface area contributed by atoms with Gasteiger partial charge in [0, 0.05) is 0 Å². The first-order valence-corrected chi connectivity index (χ1v) is 2.60. The summed E-state index contributed by atoms with van der Waals surface area (Å²) in [5.74, 6) is -0.0774. The quantitative estimate of drug-likeness (QED) is 0.620. The number of furan rings is 1. The molecule has 4 nitrogen and oxygen atoms in total. The highest BCUT2D eigenvalue weighted by Crippen LogP contribution is 2.25. The van der Waals surface area contributed by atoms with Gasteiger partial charge in [-0.25, -0.2) is 0 Å². The van der Waals surface area contributed by atoms with Crippen molar-refractivity contribution in [2.45, 2.75) is 0 Å². The molecule has 4 heteroatoms. The van der Waals surface area contributed by atoms with Crippen molar-refractivity contribution in [2.75, 3.05) is 7.11 Å². The van der Waals surface area contributed by atoms with Crippen molar-refractivity contribution in [2.24, 2.45) is 0 Å². The Morgan fingerprint density at radius 3 is 2.90 bits per heavy atom. The lowest BCUT2D eigenvalue weighted by atomic mass is 10.4. The summed E-state index contributed by atoms with van der Waals surface area (Å²) in [6, 6.07) is 1.23. The van der Waals surface area contributed by atoms with Gasteiger partial charge in [0.1, 0.15) is 0 Å². The van der Waals surface area contributed by atoms with Crippen LogP contribution in [0.1, 0.15) is 10.6 Å². The molecule has 0 saturated carbocycles. The van der Waals surface area contributed by atoms with Crippen LogP contribution in [0.2, 0.25) is 0 Å². The summed E-state index contributed by atoms with van der Waals surface area (Å²) in [4.78, 5) is 10.1. The number of rotatable bonds is 2. The highest BCUT2D eigenvalue weighted by atomic mass is 16.5. The highest BCUT2D eigenvalue weighted by Gasteiger charge is 2.08. The molecule has 0 aliphatic rings. The molecule has 0 spiro atoms. The standard InChI is InChI=1S/C6H6O4/c1-9-4-2-6(8)10-5(4)3-7/h2-3,8H,1H3. The molecule has 1 aromatic rings. The number of ether oxygens (including phenoxy) is 1. The van der Waals surface area contributed by atoms with Crippen LogP contribution in [0.3, 0.4) is 0 Å². The number of carbonyl (C=O) groups excluding carboxylic acids is 1. The van der Waals surface area contributed by atoms with E-state index in [-0.39, 0.29) is 17.5 Å². The molecule has 54 valence electrons. The molecule has 0 aliphatic heterocycles. The van der Waals surface area contributed by atoms with Gasteiger partial charge in [0.15, 0.2) is 12.0 Å². The Labute approximate surface area is 57.0 Å². The molecule has 10 heavy (non-hydrogen) atoms. The molecular weight excluding hydrogens is 136 g/mol. The van der Waals surface area contributed by atoms with E-state index in [0.29, 0.717) is 6.29 Å². The molecule has 0 atom stereocenters. The molecule has 0 saturated heterocycles. The van der Waals surface area contributed by atoms with Crippen molar-refractivity contribution in [1.82, 2.24) is 0 Å². The largest absolute Gasteiger partial charge is 0.492 e. The summed E-state index contributed by atoms with van der Waals surface area (Å²) in [6.45, 7) is 0. The fraction of sp³-hybridized carbons (Fsp3) is 0.167. The molecular formula is C6H6O4. The predicted molar refractivity (Wildman–Crippen MR) is 32.3 cm³/mol. The van der Waals surface area contributed by atoms with Crippen molar-refractivity contribution >= 4 is 6.29 Å². The molecule has 1 N–H and O–H groups in total. The maximum atomic E-state index is 10.1. The minimum atomic E-state index is -0.320. The Morgan fingerprint density at radius 1 is 1.80 bits per heavy atom. The van der Waals surface area contributed by atoms with E-state index in [4.69, 9.17) is 5.11 Å². The third kappa shape index (κ3) is 0.953. The van der Waals surface area contributed by atoms with Crippen LogP contribution in [0.4, 0.5) is 0 Å². The van der Waals surface area contributed by atoms with Crippen molar-refractivity contribution in [3.63, 3.8) is 0 Å². The van der Waals surface area contributed by atoms with Crippen LogP contribution in [-0.4, -0.2) is 18.5 Å². The minimum Gasteiger partial charge on any atom is -0.492 e. The second-order valence-electron chi connectivity index (χ2n) is 1.64. The van der Waals surface area contributed by atoms with Crippen LogP contribution in [0.5, 0.6) is 11.7 Å². The van der Waals surface area contributed by atoms with Gasteiger partial charge in [-0.05, 0) is 0 Å². The smallest absolute Gasteiger partial charge is 0.286 e. The Balaban J connectivity index is 3.08. The maximum Gasteiger partial charge on any atom is 0.286 e. The average molecular weight is 142 g/mol. The zero-order chi connectivity index (χ0) is 7.56. The summed E-state index contributed by atoms with van der Waals surface area (Å²) in [5.41, 5.74) is 0. The first-order chi connectivity index (χ1) is 4.77. The zero-order valence-electron chi connectivity index (χ0n) is 5.33. The van der Waals surface area contributed by atoms with E-state index in [0.717, 1.165) is 0 Å². The van der Waals surface area contributed by atoms with Gasteiger partial charge in [-0.15, -0.1) is 0 Å². The van der Waals surface area contributed by atoms with E-state index in [2.05, 4.69) is 9.15 Å². The fourth-order valence-corrected chi connectivity index (χ4v) is 0.617. The third-order valence-electron chi connectivity index (χ3n) is 1.04. The van der Waals surface area contributed by atoms with E-state index < -0.39 is 0 Å². The summed E-state index contributed by atoms with van der Waals surface area (Å²) in [6.07, 6.45) is 0.471. The van der Waals surface area contributed by atoms with Crippen LogP contribution in [0.25, 0.3) is 0 Å². The van der Waals surface area contributed by atoms with Gasteiger partial charge in [-0.3, -0.25) is 4.79 Å². The Kier molecular flexibility index (Phi) is 1.62. The van der Waals surface area contributed by atoms with E-state index in [1.807, 2.05) is 0 Å². The first kappa shape index (κ1) is 6.67. The van der Waals surface area contributed by atoms with Gasteiger partial charge < -0.3 is 14.3 Å². The van der Waals surface area contributed by atoms with Gasteiger partial charge in [0.05, 0.1) is 13.2 Å². The van der Waals surface area contributed by atoms with Crippen molar-refractivity contribution in [3.8, 4) is 11.7 Å². The van der Waals surface area contributed by atoms with Crippen LogP contribution in [0, 0.1) is 0 Å². The lowest BCUT2D eigenvalue weighted by Gasteiger charge is -1.89. The summed E-state index contributed by atoms with van der Waals surface area (Å²) in [7, 11) is 1.39. The lowest BCUT2D eigenvalue weighted by Crippen LogP contribution is -1.83. The number of methoxy groups -OCH3 is 1. The number of aldehydes is 1. The van der Waals surface area contributed by atoms with Crippen LogP contribution in [0.15, 0.2) is 10.5 Å². The summed E-state index contributed by atoms with van der Waals surface area (Å²) < 4.78 is 9.19. The van der Waals surface area contributed by atoms with Crippen LogP contribution in [-0.2, 0) is 0 Å². The summed E-state index contributed by atoms with van der Waals surface area (Å²) >= 11 is 0. The van der Waals surface area contributed by atoms with Crippen molar-refractivity contribution in [1.29, 1.82) is 0 Å². The predicted octanol–water partition coefficient (Wildman–Crippen LogP) is 0.806. The van der Waals surface area contributed by atoms with E-state index >= 15 is 0 Å².